The number of hydrogen-bond donors (Lipinski definition) is 0. The summed E-state index contributed by atoms with van der Waals surface area (Å²) in [4.78, 5) is 0. The molecule has 0 aromatic heterocycles. The van der Waals surface area contributed by atoms with Crippen molar-refractivity contribution in [3.63, 3.8) is 0 Å². The molecule has 0 heterocycles. The number of benzene rings is 1. The highest BCUT2D eigenvalue weighted by atomic mass is 14.1. The maximum absolute atomic E-state index is 4.11. The van der Waals surface area contributed by atoms with Gasteiger partial charge >= 0.3 is 0 Å². The minimum Gasteiger partial charge on any atom is -0.103 e. The lowest BCUT2D eigenvalue weighted by atomic mass is 9.93. The molecule has 0 saturated carbocycles. The molecule has 0 heteroatoms. The van der Waals surface area contributed by atoms with E-state index >= 15 is 0 Å². The van der Waals surface area contributed by atoms with Gasteiger partial charge in [0.15, 0.2) is 0 Å². The molecule has 15 heavy (non-hydrogen) atoms. The fraction of sp³-hybridized carbons (Fsp3) is 0.333. The van der Waals surface area contributed by atoms with E-state index in [1.807, 2.05) is 6.08 Å². The summed E-state index contributed by atoms with van der Waals surface area (Å²) in [6, 6.07) is 8.53. The minimum atomic E-state index is 0.683. The Morgan fingerprint density at radius 2 is 2.00 bits per heavy atom. The van der Waals surface area contributed by atoms with E-state index in [2.05, 4.69) is 51.3 Å². The Bertz CT molecular complexity index is 345. The third-order valence-corrected chi connectivity index (χ3v) is 2.42. The fourth-order valence-electron chi connectivity index (χ4n) is 1.77. The number of allylic oxidation sites excluding steroid dienone is 2. The molecule has 1 aromatic carbocycles. The first-order valence-corrected chi connectivity index (χ1v) is 5.52. The fourth-order valence-corrected chi connectivity index (χ4v) is 1.77. The van der Waals surface area contributed by atoms with Crippen LogP contribution in [0, 0.1) is 5.92 Å². The normalized spacial score (nSPS) is 10.3. The van der Waals surface area contributed by atoms with E-state index in [0.29, 0.717) is 5.92 Å². The van der Waals surface area contributed by atoms with Crippen molar-refractivity contribution >= 4 is 5.57 Å². The van der Waals surface area contributed by atoms with Crippen molar-refractivity contribution in [2.24, 2.45) is 5.92 Å². The monoisotopic (exact) mass is 200 g/mol. The summed E-state index contributed by atoms with van der Waals surface area (Å²) in [7, 11) is 0. The van der Waals surface area contributed by atoms with Crippen LogP contribution in [0.5, 0.6) is 0 Å². The zero-order valence-electron chi connectivity index (χ0n) is 9.79. The van der Waals surface area contributed by atoms with Crippen LogP contribution in [0.15, 0.2) is 43.5 Å². The predicted molar refractivity (Wildman–Crippen MR) is 68.8 cm³/mol. The minimum absolute atomic E-state index is 0.683. The highest BCUT2D eigenvalue weighted by Crippen LogP contribution is 2.22. The van der Waals surface area contributed by atoms with E-state index in [0.717, 1.165) is 12.8 Å². The summed E-state index contributed by atoms with van der Waals surface area (Å²) in [6.07, 6.45) is 3.90. The molecule has 80 valence electrons. The van der Waals surface area contributed by atoms with Crippen LogP contribution in [0.2, 0.25) is 0 Å². The van der Waals surface area contributed by atoms with Gasteiger partial charge in [0, 0.05) is 0 Å². The van der Waals surface area contributed by atoms with E-state index in [1.165, 1.54) is 16.7 Å². The third kappa shape index (κ3) is 3.39. The quantitative estimate of drug-likeness (QED) is 0.615. The Morgan fingerprint density at radius 3 is 2.60 bits per heavy atom. The Morgan fingerprint density at radius 1 is 1.33 bits per heavy atom. The van der Waals surface area contributed by atoms with Crippen molar-refractivity contribution in [2.75, 3.05) is 0 Å². The lowest BCUT2D eigenvalue weighted by Gasteiger charge is -2.12. The molecule has 1 rings (SSSR count). The second-order valence-corrected chi connectivity index (χ2v) is 4.35. The van der Waals surface area contributed by atoms with E-state index < -0.39 is 0 Å². The van der Waals surface area contributed by atoms with Crippen LogP contribution in [0.3, 0.4) is 0 Å². The third-order valence-electron chi connectivity index (χ3n) is 2.42. The van der Waals surface area contributed by atoms with E-state index in [-0.39, 0.29) is 0 Å². The highest BCUT2D eigenvalue weighted by molar-refractivity contribution is 5.67. The van der Waals surface area contributed by atoms with E-state index in [9.17, 15) is 0 Å². The molecule has 0 bridgehead atoms. The van der Waals surface area contributed by atoms with Gasteiger partial charge in [0.1, 0.15) is 0 Å². The van der Waals surface area contributed by atoms with Crippen LogP contribution in [0.25, 0.3) is 5.57 Å². The summed E-state index contributed by atoms with van der Waals surface area (Å²) in [6.45, 7) is 12.4. The maximum atomic E-state index is 4.11. The van der Waals surface area contributed by atoms with Gasteiger partial charge in [-0.25, -0.2) is 0 Å². The number of hydrogen-bond acceptors (Lipinski definition) is 0. The first-order valence-electron chi connectivity index (χ1n) is 5.52. The van der Waals surface area contributed by atoms with Crippen molar-refractivity contribution in [3.8, 4) is 0 Å². The molecule has 0 aliphatic carbocycles. The second kappa shape index (κ2) is 5.55. The average Bonchev–Trinajstić information content (AvgIpc) is 2.18. The zero-order chi connectivity index (χ0) is 11.3. The Kier molecular flexibility index (Phi) is 4.36. The SMILES string of the molecule is C=CCC(=C)c1ccccc1CC(C)C. The molecule has 0 spiro atoms. The molecule has 0 fully saturated rings. The molecule has 0 atom stereocenters. The van der Waals surface area contributed by atoms with Gasteiger partial charge in [-0.2, -0.15) is 0 Å². The molecule has 1 aromatic rings. The molecule has 0 radical (unpaired) electrons. The molecule has 0 aliphatic rings. The molecular formula is C15H20. The van der Waals surface area contributed by atoms with Crippen LogP contribution in [-0.4, -0.2) is 0 Å². The summed E-state index contributed by atoms with van der Waals surface area (Å²) < 4.78 is 0. The molecule has 0 amide bonds. The Balaban J connectivity index is 2.95. The average molecular weight is 200 g/mol. The summed E-state index contributed by atoms with van der Waals surface area (Å²) in [5.74, 6) is 0.683. The zero-order valence-corrected chi connectivity index (χ0v) is 9.79. The molecule has 0 aliphatic heterocycles. The maximum Gasteiger partial charge on any atom is -0.01000 e. The highest BCUT2D eigenvalue weighted by Gasteiger charge is 2.05. The van der Waals surface area contributed by atoms with Gasteiger partial charge in [0.25, 0.3) is 0 Å². The van der Waals surface area contributed by atoms with Crippen molar-refractivity contribution in [1.82, 2.24) is 0 Å². The molecule has 0 unspecified atom stereocenters. The van der Waals surface area contributed by atoms with Crippen molar-refractivity contribution < 1.29 is 0 Å². The molecule has 0 nitrogen and oxygen atoms in total. The second-order valence-electron chi connectivity index (χ2n) is 4.35. The van der Waals surface area contributed by atoms with Gasteiger partial charge in [-0.3, -0.25) is 0 Å². The smallest absolute Gasteiger partial charge is 0.01000 e. The molecular weight excluding hydrogens is 180 g/mol. The summed E-state index contributed by atoms with van der Waals surface area (Å²) >= 11 is 0. The van der Waals surface area contributed by atoms with Gasteiger partial charge in [0.05, 0.1) is 0 Å². The van der Waals surface area contributed by atoms with Crippen LogP contribution in [-0.2, 0) is 6.42 Å². The largest absolute Gasteiger partial charge is 0.103 e. The standard InChI is InChI=1S/C15H20/c1-5-8-13(4)15-10-7-6-9-14(15)11-12(2)3/h5-7,9-10,12H,1,4,8,11H2,2-3H3. The first kappa shape index (κ1) is 11.8. The van der Waals surface area contributed by atoms with Gasteiger partial charge in [-0.05, 0) is 35.5 Å². The number of rotatable bonds is 5. The molecule has 0 N–H and O–H groups in total. The summed E-state index contributed by atoms with van der Waals surface area (Å²) in [5.41, 5.74) is 3.87. The van der Waals surface area contributed by atoms with Crippen LogP contribution in [0.4, 0.5) is 0 Å². The van der Waals surface area contributed by atoms with Crippen molar-refractivity contribution in [1.29, 1.82) is 0 Å². The van der Waals surface area contributed by atoms with Crippen LogP contribution >= 0.6 is 0 Å². The van der Waals surface area contributed by atoms with E-state index in [1.54, 1.807) is 0 Å². The molecule has 0 saturated heterocycles. The van der Waals surface area contributed by atoms with E-state index in [4.69, 9.17) is 0 Å². The predicted octanol–water partition coefficient (Wildman–Crippen LogP) is 4.47. The summed E-state index contributed by atoms with van der Waals surface area (Å²) in [5, 5.41) is 0. The first-order chi connectivity index (χ1) is 7.15. The lowest BCUT2D eigenvalue weighted by molar-refractivity contribution is 0.646. The Labute approximate surface area is 93.3 Å². The van der Waals surface area contributed by atoms with Crippen LogP contribution in [0.1, 0.15) is 31.4 Å². The van der Waals surface area contributed by atoms with Gasteiger partial charge < -0.3 is 0 Å². The topological polar surface area (TPSA) is 0 Å². The van der Waals surface area contributed by atoms with Gasteiger partial charge in [-0.1, -0.05) is 50.8 Å². The van der Waals surface area contributed by atoms with Crippen molar-refractivity contribution in [2.45, 2.75) is 26.7 Å². The van der Waals surface area contributed by atoms with Crippen LogP contribution < -0.4 is 0 Å². The van der Waals surface area contributed by atoms with Gasteiger partial charge in [-0.15, -0.1) is 6.58 Å². The van der Waals surface area contributed by atoms with Gasteiger partial charge in [0.2, 0.25) is 0 Å². The lowest BCUT2D eigenvalue weighted by Crippen LogP contribution is -1.98. The van der Waals surface area contributed by atoms with Crippen molar-refractivity contribution in [3.05, 3.63) is 54.6 Å². The Hall–Kier alpha value is -1.30.